The first kappa shape index (κ1) is 15.0. The number of hydrogen-bond donors (Lipinski definition) is 3. The molecule has 0 aromatic heterocycles. The van der Waals surface area contributed by atoms with E-state index in [9.17, 15) is 9.59 Å². The molecule has 3 N–H and O–H groups in total. The highest BCUT2D eigenvalue weighted by Crippen LogP contribution is 2.07. The van der Waals surface area contributed by atoms with Gasteiger partial charge in [0, 0.05) is 11.2 Å². The van der Waals surface area contributed by atoms with Gasteiger partial charge in [-0.15, -0.1) is 0 Å². The molecule has 1 rings (SSSR count). The van der Waals surface area contributed by atoms with Crippen molar-refractivity contribution < 1.29 is 9.59 Å². The van der Waals surface area contributed by atoms with Gasteiger partial charge in [-0.1, -0.05) is 17.7 Å². The lowest BCUT2D eigenvalue weighted by atomic mass is 10.1. The smallest absolute Gasteiger partial charge is 0.319 e. The van der Waals surface area contributed by atoms with Crippen LogP contribution in [0.15, 0.2) is 24.3 Å². The van der Waals surface area contributed by atoms with Crippen molar-refractivity contribution in [1.82, 2.24) is 10.6 Å². The zero-order valence-electron chi connectivity index (χ0n) is 11.8. The molecule has 0 aliphatic rings. The molecule has 0 unspecified atom stereocenters. The quantitative estimate of drug-likeness (QED) is 0.781. The Morgan fingerprint density at radius 3 is 2.21 bits per heavy atom. The van der Waals surface area contributed by atoms with E-state index >= 15 is 0 Å². The molecule has 0 heterocycles. The summed E-state index contributed by atoms with van der Waals surface area (Å²) in [5, 5.41) is 7.93. The molecule has 0 aliphatic heterocycles. The van der Waals surface area contributed by atoms with E-state index in [1.807, 2.05) is 52.0 Å². The third-order valence-corrected chi connectivity index (χ3v) is 2.23. The van der Waals surface area contributed by atoms with Gasteiger partial charge in [0.15, 0.2) is 0 Å². The minimum absolute atomic E-state index is 0.0467. The van der Waals surface area contributed by atoms with Gasteiger partial charge < -0.3 is 16.0 Å². The van der Waals surface area contributed by atoms with Gasteiger partial charge in [0.1, 0.15) is 0 Å². The van der Waals surface area contributed by atoms with Gasteiger partial charge in [0.05, 0.1) is 6.54 Å². The van der Waals surface area contributed by atoms with Crippen LogP contribution in [0.3, 0.4) is 0 Å². The van der Waals surface area contributed by atoms with E-state index in [-0.39, 0.29) is 18.0 Å². The van der Waals surface area contributed by atoms with Crippen molar-refractivity contribution in [2.45, 2.75) is 33.2 Å². The van der Waals surface area contributed by atoms with Crippen molar-refractivity contribution in [2.24, 2.45) is 0 Å². The lowest BCUT2D eigenvalue weighted by molar-refractivity contribution is -0.121. The molecule has 0 atom stereocenters. The Balaban J connectivity index is 2.36. The minimum atomic E-state index is -0.395. The topological polar surface area (TPSA) is 70.2 Å². The average molecular weight is 263 g/mol. The molecular weight excluding hydrogens is 242 g/mol. The van der Waals surface area contributed by atoms with Crippen LogP contribution in [-0.2, 0) is 4.79 Å². The van der Waals surface area contributed by atoms with Crippen LogP contribution in [0, 0.1) is 6.92 Å². The summed E-state index contributed by atoms with van der Waals surface area (Å²) in [7, 11) is 0. The SMILES string of the molecule is Cc1ccc(NC(=O)NCC(=O)NC(C)(C)C)cc1. The second-order valence-corrected chi connectivity index (χ2v) is 5.47. The highest BCUT2D eigenvalue weighted by atomic mass is 16.2. The van der Waals surface area contributed by atoms with Gasteiger partial charge in [-0.25, -0.2) is 4.79 Å². The number of amides is 3. The van der Waals surface area contributed by atoms with Crippen LogP contribution in [0.5, 0.6) is 0 Å². The molecule has 104 valence electrons. The molecule has 19 heavy (non-hydrogen) atoms. The second kappa shape index (κ2) is 6.22. The summed E-state index contributed by atoms with van der Waals surface area (Å²) in [6, 6.07) is 7.03. The van der Waals surface area contributed by atoms with E-state index in [2.05, 4.69) is 16.0 Å². The molecule has 0 aliphatic carbocycles. The summed E-state index contributed by atoms with van der Waals surface area (Å²) in [6.07, 6.45) is 0. The molecule has 5 heteroatoms. The third-order valence-electron chi connectivity index (χ3n) is 2.23. The van der Waals surface area contributed by atoms with Crippen LogP contribution in [0.1, 0.15) is 26.3 Å². The maximum atomic E-state index is 11.6. The van der Waals surface area contributed by atoms with Gasteiger partial charge >= 0.3 is 6.03 Å². The number of carbonyl (C=O) groups excluding carboxylic acids is 2. The Labute approximate surface area is 113 Å². The molecule has 3 amide bonds. The number of urea groups is 1. The molecule has 0 saturated carbocycles. The molecule has 5 nitrogen and oxygen atoms in total. The first-order valence-corrected chi connectivity index (χ1v) is 6.19. The number of aryl methyl sites for hydroxylation is 1. The predicted octanol–water partition coefficient (Wildman–Crippen LogP) is 2.03. The van der Waals surface area contributed by atoms with Gasteiger partial charge in [-0.2, -0.15) is 0 Å². The fourth-order valence-electron chi connectivity index (χ4n) is 1.44. The van der Waals surface area contributed by atoms with Crippen molar-refractivity contribution in [2.75, 3.05) is 11.9 Å². The predicted molar refractivity (Wildman–Crippen MR) is 76.1 cm³/mol. The summed E-state index contributed by atoms with van der Waals surface area (Å²) >= 11 is 0. The lowest BCUT2D eigenvalue weighted by Gasteiger charge is -2.20. The van der Waals surface area contributed by atoms with Crippen LogP contribution >= 0.6 is 0 Å². The summed E-state index contributed by atoms with van der Waals surface area (Å²) < 4.78 is 0. The van der Waals surface area contributed by atoms with Crippen molar-refractivity contribution in [1.29, 1.82) is 0 Å². The Morgan fingerprint density at radius 2 is 1.68 bits per heavy atom. The molecule has 0 fully saturated rings. The van der Waals surface area contributed by atoms with Crippen molar-refractivity contribution >= 4 is 17.6 Å². The molecule has 0 spiro atoms. The average Bonchev–Trinajstić information content (AvgIpc) is 2.27. The van der Waals surface area contributed by atoms with Gasteiger partial charge in [-0.3, -0.25) is 4.79 Å². The van der Waals surface area contributed by atoms with Crippen molar-refractivity contribution in [3.8, 4) is 0 Å². The lowest BCUT2D eigenvalue weighted by Crippen LogP contribution is -2.46. The largest absolute Gasteiger partial charge is 0.350 e. The minimum Gasteiger partial charge on any atom is -0.350 e. The zero-order valence-corrected chi connectivity index (χ0v) is 11.8. The summed E-state index contributed by atoms with van der Waals surface area (Å²) in [6.45, 7) is 7.58. The van der Waals surface area contributed by atoms with E-state index in [4.69, 9.17) is 0 Å². The number of hydrogen-bond acceptors (Lipinski definition) is 2. The van der Waals surface area contributed by atoms with Crippen LogP contribution in [-0.4, -0.2) is 24.0 Å². The van der Waals surface area contributed by atoms with E-state index in [0.29, 0.717) is 5.69 Å². The van der Waals surface area contributed by atoms with Crippen LogP contribution < -0.4 is 16.0 Å². The fraction of sp³-hybridized carbons (Fsp3) is 0.429. The highest BCUT2D eigenvalue weighted by Gasteiger charge is 2.14. The number of benzene rings is 1. The molecule has 0 radical (unpaired) electrons. The Bertz CT molecular complexity index is 447. The van der Waals surface area contributed by atoms with Crippen LogP contribution in [0.25, 0.3) is 0 Å². The normalized spacial score (nSPS) is 10.7. The maximum absolute atomic E-state index is 11.6. The van der Waals surface area contributed by atoms with E-state index in [1.165, 1.54) is 0 Å². The molecule has 1 aromatic rings. The Kier molecular flexibility index (Phi) is 4.92. The van der Waals surface area contributed by atoms with E-state index < -0.39 is 6.03 Å². The summed E-state index contributed by atoms with van der Waals surface area (Å²) in [4.78, 5) is 23.1. The van der Waals surface area contributed by atoms with E-state index in [0.717, 1.165) is 5.56 Å². The number of nitrogens with one attached hydrogen (secondary N) is 3. The summed E-state index contributed by atoms with van der Waals surface area (Å²) in [5.41, 5.74) is 1.52. The maximum Gasteiger partial charge on any atom is 0.319 e. The van der Waals surface area contributed by atoms with Gasteiger partial charge in [-0.05, 0) is 39.8 Å². The molecule has 1 aromatic carbocycles. The zero-order chi connectivity index (χ0) is 14.5. The molecular formula is C14H21N3O2. The van der Waals surface area contributed by atoms with Gasteiger partial charge in [0.25, 0.3) is 0 Å². The van der Waals surface area contributed by atoms with E-state index in [1.54, 1.807) is 0 Å². The first-order chi connectivity index (χ1) is 8.76. The number of rotatable bonds is 3. The van der Waals surface area contributed by atoms with Crippen molar-refractivity contribution in [3.05, 3.63) is 29.8 Å². The first-order valence-electron chi connectivity index (χ1n) is 6.19. The Hall–Kier alpha value is -2.04. The van der Waals surface area contributed by atoms with Gasteiger partial charge in [0.2, 0.25) is 5.91 Å². The molecule has 0 bridgehead atoms. The van der Waals surface area contributed by atoms with Crippen molar-refractivity contribution in [3.63, 3.8) is 0 Å². The number of anilines is 1. The second-order valence-electron chi connectivity index (χ2n) is 5.47. The third kappa shape index (κ3) is 6.45. The number of carbonyl (C=O) groups is 2. The summed E-state index contributed by atoms with van der Waals surface area (Å²) in [5.74, 6) is -0.216. The van der Waals surface area contributed by atoms with Crippen LogP contribution in [0.4, 0.5) is 10.5 Å². The standard InChI is InChI=1S/C14H21N3O2/c1-10-5-7-11(8-6-10)16-13(19)15-9-12(18)17-14(2,3)4/h5-8H,9H2,1-4H3,(H,17,18)(H2,15,16,19). The molecule has 0 saturated heterocycles. The Morgan fingerprint density at radius 1 is 1.11 bits per heavy atom. The highest BCUT2D eigenvalue weighted by molar-refractivity contribution is 5.92. The fourth-order valence-corrected chi connectivity index (χ4v) is 1.44. The van der Waals surface area contributed by atoms with Crippen LogP contribution in [0.2, 0.25) is 0 Å². The monoisotopic (exact) mass is 263 g/mol.